The number of methoxy groups -OCH3 is 1. The highest BCUT2D eigenvalue weighted by atomic mass is 35.5. The molecule has 0 aliphatic carbocycles. The molecule has 0 atom stereocenters. The van der Waals surface area contributed by atoms with Crippen LogP contribution in [-0.2, 0) is 0 Å². The Morgan fingerprint density at radius 2 is 1.69 bits per heavy atom. The molecular weight excluding hydrogens is 352 g/mol. The van der Waals surface area contributed by atoms with Gasteiger partial charge >= 0.3 is 0 Å². The summed E-state index contributed by atoms with van der Waals surface area (Å²) in [6, 6.07) is 10.1. The van der Waals surface area contributed by atoms with E-state index in [1.54, 1.807) is 36.4 Å². The van der Waals surface area contributed by atoms with Crippen molar-refractivity contribution in [2.45, 2.75) is 19.8 Å². The number of benzene rings is 2. The van der Waals surface area contributed by atoms with Gasteiger partial charge in [-0.2, -0.15) is 0 Å². The second-order valence-corrected chi connectivity index (χ2v) is 6.74. The van der Waals surface area contributed by atoms with Gasteiger partial charge in [0.25, 0.3) is 11.8 Å². The average molecular weight is 373 g/mol. The van der Waals surface area contributed by atoms with E-state index < -0.39 is 0 Å². The van der Waals surface area contributed by atoms with Gasteiger partial charge in [0.2, 0.25) is 0 Å². The Morgan fingerprint density at radius 3 is 2.31 bits per heavy atom. The number of carbonyl (C=O) groups excluding carboxylic acids is 2. The largest absolute Gasteiger partial charge is 0.495 e. The summed E-state index contributed by atoms with van der Waals surface area (Å²) >= 11 is 6.09. The van der Waals surface area contributed by atoms with Crippen LogP contribution in [-0.4, -0.2) is 36.9 Å². The van der Waals surface area contributed by atoms with Crippen molar-refractivity contribution in [3.05, 3.63) is 58.1 Å². The molecule has 5 nitrogen and oxygen atoms in total. The monoisotopic (exact) mass is 372 g/mol. The maximum Gasteiger partial charge on any atom is 0.255 e. The fraction of sp³-hybridized carbons (Fsp3) is 0.300. The Hall–Kier alpha value is -2.53. The van der Waals surface area contributed by atoms with E-state index in [4.69, 9.17) is 16.3 Å². The number of nitrogens with one attached hydrogen (secondary N) is 1. The molecule has 0 saturated carbocycles. The van der Waals surface area contributed by atoms with Crippen molar-refractivity contribution in [1.29, 1.82) is 0 Å². The number of halogens is 1. The van der Waals surface area contributed by atoms with Crippen LogP contribution < -0.4 is 10.1 Å². The van der Waals surface area contributed by atoms with Crippen molar-refractivity contribution in [3.8, 4) is 5.75 Å². The highest BCUT2D eigenvalue weighted by molar-refractivity contribution is 6.31. The Kier molecular flexibility index (Phi) is 5.47. The third-order valence-corrected chi connectivity index (χ3v) is 4.92. The first-order chi connectivity index (χ1) is 12.5. The highest BCUT2D eigenvalue weighted by Gasteiger charge is 2.20. The minimum atomic E-state index is -0.273. The highest BCUT2D eigenvalue weighted by Crippen LogP contribution is 2.31. The fourth-order valence-electron chi connectivity index (χ4n) is 2.99. The van der Waals surface area contributed by atoms with Crippen molar-refractivity contribution in [2.75, 3.05) is 25.5 Å². The lowest BCUT2D eigenvalue weighted by Crippen LogP contribution is -2.27. The van der Waals surface area contributed by atoms with Gasteiger partial charge in [-0.3, -0.25) is 9.59 Å². The Labute approximate surface area is 157 Å². The van der Waals surface area contributed by atoms with Gasteiger partial charge in [-0.15, -0.1) is 0 Å². The normalized spacial score (nSPS) is 13.6. The van der Waals surface area contributed by atoms with E-state index in [2.05, 4.69) is 5.32 Å². The van der Waals surface area contributed by atoms with Gasteiger partial charge in [0, 0.05) is 35.3 Å². The summed E-state index contributed by atoms with van der Waals surface area (Å²) in [5.74, 6) is 0.240. The van der Waals surface area contributed by atoms with E-state index in [-0.39, 0.29) is 11.8 Å². The number of aryl methyl sites for hydroxylation is 1. The molecule has 1 N–H and O–H groups in total. The summed E-state index contributed by atoms with van der Waals surface area (Å²) in [7, 11) is 1.52. The number of nitrogens with zero attached hydrogens (tertiary/aromatic N) is 1. The van der Waals surface area contributed by atoms with Crippen LogP contribution in [0.4, 0.5) is 5.69 Å². The van der Waals surface area contributed by atoms with Crippen LogP contribution in [0.5, 0.6) is 5.75 Å². The number of hydrogen-bond acceptors (Lipinski definition) is 3. The first kappa shape index (κ1) is 18.3. The molecule has 0 spiro atoms. The predicted molar refractivity (Wildman–Crippen MR) is 102 cm³/mol. The summed E-state index contributed by atoms with van der Waals surface area (Å²) in [6.45, 7) is 3.46. The van der Waals surface area contributed by atoms with Crippen LogP contribution in [0.25, 0.3) is 0 Å². The third kappa shape index (κ3) is 3.83. The SMILES string of the molecule is COc1cc(Cl)c(C)cc1NC(=O)c1ccc(C(=O)N2CCCC2)cc1. The van der Waals surface area contributed by atoms with Crippen LogP contribution in [0.15, 0.2) is 36.4 Å². The zero-order chi connectivity index (χ0) is 18.7. The van der Waals surface area contributed by atoms with Crippen molar-refractivity contribution in [1.82, 2.24) is 4.90 Å². The standard InChI is InChI=1S/C20H21ClN2O3/c1-13-11-17(18(26-2)12-16(13)21)22-19(24)14-5-7-15(8-6-14)20(25)23-9-3-4-10-23/h5-8,11-12H,3-4,9-10H2,1-2H3,(H,22,24). The van der Waals surface area contributed by atoms with Crippen LogP contribution in [0, 0.1) is 6.92 Å². The van der Waals surface area contributed by atoms with Gasteiger partial charge in [-0.25, -0.2) is 0 Å². The maximum absolute atomic E-state index is 12.5. The van der Waals surface area contributed by atoms with E-state index in [1.165, 1.54) is 7.11 Å². The molecule has 136 valence electrons. The van der Waals surface area contributed by atoms with Gasteiger partial charge < -0.3 is 15.0 Å². The number of hydrogen-bond donors (Lipinski definition) is 1. The molecule has 0 bridgehead atoms. The second kappa shape index (κ2) is 7.79. The summed E-state index contributed by atoms with van der Waals surface area (Å²) in [4.78, 5) is 26.7. The lowest BCUT2D eigenvalue weighted by Gasteiger charge is -2.15. The average Bonchev–Trinajstić information content (AvgIpc) is 3.18. The molecule has 6 heteroatoms. The Morgan fingerprint density at radius 1 is 1.08 bits per heavy atom. The third-order valence-electron chi connectivity index (χ3n) is 4.52. The topological polar surface area (TPSA) is 58.6 Å². The number of ether oxygens (including phenoxy) is 1. The summed E-state index contributed by atoms with van der Waals surface area (Å²) in [5.41, 5.74) is 2.46. The first-order valence-corrected chi connectivity index (χ1v) is 8.92. The van der Waals surface area contributed by atoms with Crippen LogP contribution in [0.1, 0.15) is 39.1 Å². The molecule has 1 aliphatic heterocycles. The number of likely N-dealkylation sites (tertiary alicyclic amines) is 1. The Balaban J connectivity index is 1.74. The molecule has 26 heavy (non-hydrogen) atoms. The molecule has 0 radical (unpaired) electrons. The minimum absolute atomic E-state index is 0.0180. The lowest BCUT2D eigenvalue weighted by molar-refractivity contribution is 0.0792. The molecular formula is C20H21ClN2O3. The number of carbonyl (C=O) groups is 2. The molecule has 1 heterocycles. The summed E-state index contributed by atoms with van der Waals surface area (Å²) in [6.07, 6.45) is 2.10. The summed E-state index contributed by atoms with van der Waals surface area (Å²) < 4.78 is 5.28. The van der Waals surface area contributed by atoms with Crippen molar-refractivity contribution < 1.29 is 14.3 Å². The molecule has 1 saturated heterocycles. The van der Waals surface area contributed by atoms with Crippen molar-refractivity contribution in [2.24, 2.45) is 0 Å². The first-order valence-electron chi connectivity index (χ1n) is 8.54. The van der Waals surface area contributed by atoms with E-state index in [0.717, 1.165) is 31.5 Å². The Bertz CT molecular complexity index is 828. The molecule has 2 amide bonds. The van der Waals surface area contributed by atoms with Gasteiger partial charge in [-0.1, -0.05) is 11.6 Å². The molecule has 2 aromatic rings. The van der Waals surface area contributed by atoms with E-state index in [9.17, 15) is 9.59 Å². The molecule has 1 aliphatic rings. The van der Waals surface area contributed by atoms with Gasteiger partial charge in [0.1, 0.15) is 5.75 Å². The van der Waals surface area contributed by atoms with E-state index in [1.807, 2.05) is 11.8 Å². The van der Waals surface area contributed by atoms with E-state index in [0.29, 0.717) is 27.6 Å². The van der Waals surface area contributed by atoms with Crippen molar-refractivity contribution >= 4 is 29.1 Å². The fourth-order valence-corrected chi connectivity index (χ4v) is 3.14. The van der Waals surface area contributed by atoms with Gasteiger partial charge in [0.05, 0.1) is 12.8 Å². The second-order valence-electron chi connectivity index (χ2n) is 6.33. The number of rotatable bonds is 4. The predicted octanol–water partition coefficient (Wildman–Crippen LogP) is 4.15. The molecule has 1 fully saturated rings. The van der Waals surface area contributed by atoms with Crippen LogP contribution in [0.3, 0.4) is 0 Å². The quantitative estimate of drug-likeness (QED) is 0.877. The van der Waals surface area contributed by atoms with Crippen LogP contribution >= 0.6 is 11.6 Å². The van der Waals surface area contributed by atoms with E-state index >= 15 is 0 Å². The zero-order valence-corrected chi connectivity index (χ0v) is 15.6. The molecule has 3 rings (SSSR count). The van der Waals surface area contributed by atoms with Crippen LogP contribution in [0.2, 0.25) is 5.02 Å². The molecule has 0 unspecified atom stereocenters. The van der Waals surface area contributed by atoms with Crippen molar-refractivity contribution in [3.63, 3.8) is 0 Å². The smallest absolute Gasteiger partial charge is 0.255 e. The molecule has 0 aromatic heterocycles. The number of anilines is 1. The number of amides is 2. The van der Waals surface area contributed by atoms with Gasteiger partial charge in [-0.05, 0) is 55.7 Å². The molecule has 2 aromatic carbocycles. The minimum Gasteiger partial charge on any atom is -0.495 e. The lowest BCUT2D eigenvalue weighted by atomic mass is 10.1. The summed E-state index contributed by atoms with van der Waals surface area (Å²) in [5, 5.41) is 3.41. The zero-order valence-electron chi connectivity index (χ0n) is 14.8. The van der Waals surface area contributed by atoms with Gasteiger partial charge in [0.15, 0.2) is 0 Å². The maximum atomic E-state index is 12.5.